The van der Waals surface area contributed by atoms with E-state index in [1.807, 2.05) is 0 Å². The summed E-state index contributed by atoms with van der Waals surface area (Å²) in [6.07, 6.45) is -7.92. The Morgan fingerprint density at radius 2 is 0.533 bits per heavy atom. The Bertz CT molecular complexity index is 557. The lowest BCUT2D eigenvalue weighted by atomic mass is 9.91. The molecule has 0 aliphatic heterocycles. The molecule has 0 saturated heterocycles. The molecule has 30 heavy (non-hydrogen) atoms. The van der Waals surface area contributed by atoms with Crippen molar-refractivity contribution in [3.05, 3.63) is 0 Å². The fraction of sp³-hybridized carbons (Fsp3) is 1.00. The molecule has 0 aromatic rings. The van der Waals surface area contributed by atoms with Gasteiger partial charge in [-0.15, -0.1) is 0 Å². The first-order chi connectivity index (χ1) is 12.0. The van der Waals surface area contributed by atoms with Crippen molar-refractivity contribution in [1.82, 2.24) is 0 Å². The van der Waals surface area contributed by atoms with E-state index in [1.54, 1.807) is 0 Å². The van der Waals surface area contributed by atoms with Crippen LogP contribution in [0.5, 0.6) is 0 Å². The Morgan fingerprint density at radius 1 is 0.333 bits per heavy atom. The van der Waals surface area contributed by atoms with Crippen molar-refractivity contribution >= 4 is 20.0 Å². The molecule has 0 heterocycles. The van der Waals surface area contributed by atoms with Crippen LogP contribution < -0.4 is 0 Å². The molecule has 0 nitrogen and oxygen atoms in total. The van der Waals surface area contributed by atoms with Gasteiger partial charge in [-0.25, -0.2) is 12.3 Å². The van der Waals surface area contributed by atoms with Crippen molar-refractivity contribution in [2.75, 3.05) is 0 Å². The molecule has 0 aromatic carbocycles. The van der Waals surface area contributed by atoms with Crippen LogP contribution in [-0.4, -0.2) is 67.3 Å². The molecule has 0 aliphatic rings. The van der Waals surface area contributed by atoms with Crippen LogP contribution in [0.1, 0.15) is 0 Å². The maximum Gasteiger partial charge on any atom is 0.697 e. The fourth-order valence-electron chi connectivity index (χ4n) is 1.34. The van der Waals surface area contributed by atoms with E-state index in [0.717, 1.165) is 0 Å². The van der Waals surface area contributed by atoms with E-state index in [0.29, 0.717) is 0 Å². The lowest BCUT2D eigenvalue weighted by Crippen LogP contribution is -2.76. The number of alkyl halides is 17. The minimum Gasteiger partial charge on any atom is -0.234 e. The van der Waals surface area contributed by atoms with Gasteiger partial charge in [0, 0.05) is 0 Å². The minimum atomic E-state index is -9.54. The molecular weight excluding hydrogens is 532 g/mol. The Morgan fingerprint density at radius 3 is 0.733 bits per heavy atom. The predicted molar refractivity (Wildman–Crippen MR) is 61.1 cm³/mol. The van der Waals surface area contributed by atoms with Gasteiger partial charge in [-0.3, -0.25) is 0 Å². The summed E-state index contributed by atoms with van der Waals surface area (Å²) in [6.45, 7) is 0. The average molecular weight is 536 g/mol. The Hall–Kier alpha value is -0.966. The van der Waals surface area contributed by atoms with Gasteiger partial charge < -0.3 is 0 Å². The van der Waals surface area contributed by atoms with Crippen molar-refractivity contribution in [3.8, 4) is 0 Å². The molecule has 0 fully saturated rings. The summed E-state index contributed by atoms with van der Waals surface area (Å²) in [6, 6.07) is 0. The standard InChI is InChI=1S/C8F20Si.H4Si/c9-1(10,3(13,14)5(17,18)7(21,22)23)2(11,12)4(15,16)6(19,20)8(24,25)29(26,27)28;/h;1H4. The molecule has 0 rings (SSSR count). The lowest BCUT2D eigenvalue weighted by Gasteiger charge is -2.42. The summed E-state index contributed by atoms with van der Waals surface area (Å²) in [7, 11) is -9.54. The second-order valence-electron chi connectivity index (χ2n) is 5.02. The molecule has 0 spiro atoms. The van der Waals surface area contributed by atoms with Gasteiger partial charge in [-0.2, -0.15) is 74.6 Å². The molecule has 0 atom stereocenters. The largest absolute Gasteiger partial charge is 0.697 e. The summed E-state index contributed by atoms with van der Waals surface area (Å²) in [5.41, 5.74) is -8.23. The SMILES string of the molecule is FC(F)(F)C(F)(F)C(F)(F)C(F)(F)C(F)(F)C(F)(F)C(F)(F)C(F)(F)[Si](F)(F)F.[SiH4]. The molecule has 0 bridgehead atoms. The minimum absolute atomic E-state index is 0. The third-order valence-electron chi connectivity index (χ3n) is 3.08. The van der Waals surface area contributed by atoms with Crippen LogP contribution in [0.4, 0.5) is 87.0 Å². The van der Waals surface area contributed by atoms with E-state index in [-0.39, 0.29) is 11.0 Å². The van der Waals surface area contributed by atoms with Crippen molar-refractivity contribution in [2.45, 2.75) is 47.3 Å². The molecule has 0 radical (unpaired) electrons. The molecular formula is C8H4F20Si2. The highest BCUT2D eigenvalue weighted by Crippen LogP contribution is 2.64. The topological polar surface area (TPSA) is 0 Å². The van der Waals surface area contributed by atoms with Crippen LogP contribution in [0.25, 0.3) is 0 Å². The van der Waals surface area contributed by atoms with Crippen LogP contribution in [0, 0.1) is 0 Å². The molecule has 22 heteroatoms. The van der Waals surface area contributed by atoms with Gasteiger partial charge >= 0.3 is 56.3 Å². The Labute approximate surface area is 155 Å². The summed E-state index contributed by atoms with van der Waals surface area (Å²) in [5, 5.41) is 0. The number of rotatable bonds is 7. The van der Waals surface area contributed by atoms with E-state index >= 15 is 0 Å². The van der Waals surface area contributed by atoms with E-state index in [1.165, 1.54) is 0 Å². The lowest BCUT2D eigenvalue weighted by molar-refractivity contribution is -0.459. The summed E-state index contributed by atoms with van der Waals surface area (Å²) in [5.74, 6) is -52.6. The van der Waals surface area contributed by atoms with Crippen LogP contribution in [0.3, 0.4) is 0 Å². The molecule has 0 N–H and O–H groups in total. The van der Waals surface area contributed by atoms with Crippen molar-refractivity contribution in [3.63, 3.8) is 0 Å². The Balaban J connectivity index is 0. The van der Waals surface area contributed by atoms with Crippen molar-refractivity contribution in [1.29, 1.82) is 0 Å². The van der Waals surface area contributed by atoms with E-state index in [9.17, 15) is 87.0 Å². The molecule has 0 amide bonds. The summed E-state index contributed by atoms with van der Waals surface area (Å²) >= 11 is 0. The summed E-state index contributed by atoms with van der Waals surface area (Å²) < 4.78 is 249. The number of hydrogen-bond acceptors (Lipinski definition) is 0. The maximum absolute atomic E-state index is 13.0. The smallest absolute Gasteiger partial charge is 0.234 e. The molecule has 0 aliphatic carbocycles. The van der Waals surface area contributed by atoms with Gasteiger partial charge in [0.05, 0.1) is 0 Å². The quantitative estimate of drug-likeness (QED) is 0.246. The van der Waals surface area contributed by atoms with E-state index in [4.69, 9.17) is 0 Å². The van der Waals surface area contributed by atoms with Gasteiger partial charge in [0.1, 0.15) is 0 Å². The van der Waals surface area contributed by atoms with Crippen molar-refractivity contribution in [2.24, 2.45) is 0 Å². The van der Waals surface area contributed by atoms with E-state index in [2.05, 4.69) is 0 Å². The van der Waals surface area contributed by atoms with Crippen LogP contribution in [-0.2, 0) is 0 Å². The first-order valence-electron chi connectivity index (χ1n) is 5.78. The van der Waals surface area contributed by atoms with Gasteiger partial charge in [0.25, 0.3) is 0 Å². The molecule has 184 valence electrons. The van der Waals surface area contributed by atoms with Crippen LogP contribution >= 0.6 is 0 Å². The first-order valence-corrected chi connectivity index (χ1v) is 7.41. The van der Waals surface area contributed by atoms with Gasteiger partial charge in [-0.05, 0) is 11.0 Å². The monoisotopic (exact) mass is 536 g/mol. The van der Waals surface area contributed by atoms with E-state index < -0.39 is 56.3 Å². The molecule has 0 saturated carbocycles. The zero-order chi connectivity index (χ0) is 24.5. The normalized spacial score (nSPS) is 16.4. The third kappa shape index (κ3) is 3.63. The highest BCUT2D eigenvalue weighted by Gasteiger charge is 2.97. The van der Waals surface area contributed by atoms with Gasteiger partial charge in [0.15, 0.2) is 0 Å². The third-order valence-corrected chi connectivity index (χ3v) is 4.10. The number of hydrogen-bond donors (Lipinski definition) is 0. The maximum atomic E-state index is 13.0. The highest BCUT2D eigenvalue weighted by atomic mass is 28.5. The highest BCUT2D eigenvalue weighted by molar-refractivity contribution is 6.61. The second kappa shape index (κ2) is 7.28. The predicted octanol–water partition coefficient (Wildman–Crippen LogP) is 4.93. The van der Waals surface area contributed by atoms with Crippen LogP contribution in [0.15, 0.2) is 0 Å². The Kier molecular flexibility index (Phi) is 7.58. The molecule has 0 aromatic heterocycles. The fourth-order valence-corrected chi connectivity index (χ4v) is 1.85. The average Bonchev–Trinajstić information content (AvgIpc) is 2.43. The number of halogens is 20. The summed E-state index contributed by atoms with van der Waals surface area (Å²) in [4.78, 5) is 0. The second-order valence-corrected chi connectivity index (χ2v) is 6.64. The molecule has 0 unspecified atom stereocenters. The zero-order valence-electron chi connectivity index (χ0n) is 12.1. The van der Waals surface area contributed by atoms with Gasteiger partial charge in [0.2, 0.25) is 0 Å². The first kappa shape index (κ1) is 31.2. The van der Waals surface area contributed by atoms with Crippen LogP contribution in [0.2, 0.25) is 0 Å². The van der Waals surface area contributed by atoms with Crippen molar-refractivity contribution < 1.29 is 87.0 Å². The zero-order valence-corrected chi connectivity index (χ0v) is 13.1. The van der Waals surface area contributed by atoms with Gasteiger partial charge in [-0.1, -0.05) is 0 Å².